The van der Waals surface area contributed by atoms with E-state index in [1.54, 1.807) is 6.34 Å². The van der Waals surface area contributed by atoms with Crippen LogP contribution in [-0.2, 0) is 0 Å². The van der Waals surface area contributed by atoms with E-state index in [0.717, 1.165) is 17.2 Å². The maximum atomic E-state index is 4.34. The molecule has 0 fully saturated rings. The molecule has 4 nitrogen and oxygen atoms in total. The molecular weight excluding hydrogens is 224 g/mol. The molecule has 0 atom stereocenters. The van der Waals surface area contributed by atoms with E-state index in [4.69, 9.17) is 0 Å². The van der Waals surface area contributed by atoms with Gasteiger partial charge in [-0.3, -0.25) is 0 Å². The molecule has 1 heterocycles. The third kappa shape index (κ3) is 2.59. The van der Waals surface area contributed by atoms with Crippen molar-refractivity contribution in [1.82, 2.24) is 14.5 Å². The predicted molar refractivity (Wildman–Crippen MR) is 74.9 cm³/mol. The largest absolute Gasteiger partial charge is 0.369 e. The highest BCUT2D eigenvalue weighted by atomic mass is 15.1. The zero-order valence-electron chi connectivity index (χ0n) is 11.3. The van der Waals surface area contributed by atoms with Crippen LogP contribution >= 0.6 is 0 Å². The van der Waals surface area contributed by atoms with Crippen molar-refractivity contribution in [2.75, 3.05) is 14.1 Å². The Morgan fingerprint density at radius 1 is 1.17 bits per heavy atom. The summed E-state index contributed by atoms with van der Waals surface area (Å²) in [6.07, 6.45) is 3.57. The van der Waals surface area contributed by atoms with Crippen LogP contribution in [0.2, 0.25) is 0 Å². The smallest absolute Gasteiger partial charge is 0.174 e. The molecule has 0 aliphatic carbocycles. The molecule has 1 aromatic heterocycles. The molecule has 0 aliphatic rings. The number of imidazole rings is 1. The fraction of sp³-hybridized carbons (Fsp3) is 0.286. The normalized spacial score (nSPS) is 11.1. The van der Waals surface area contributed by atoms with Crippen molar-refractivity contribution in [3.8, 4) is 5.69 Å². The van der Waals surface area contributed by atoms with Gasteiger partial charge in [-0.05, 0) is 26.0 Å². The van der Waals surface area contributed by atoms with Crippen molar-refractivity contribution in [1.29, 1.82) is 0 Å². The number of aryl methyl sites for hydroxylation is 1. The first kappa shape index (κ1) is 12.4. The summed E-state index contributed by atoms with van der Waals surface area (Å²) in [6, 6.07) is 8.36. The average Bonchev–Trinajstić information content (AvgIpc) is 2.69. The van der Waals surface area contributed by atoms with Crippen molar-refractivity contribution in [2.24, 2.45) is 4.99 Å². The van der Waals surface area contributed by atoms with Gasteiger partial charge in [0.1, 0.15) is 6.33 Å². The predicted octanol–water partition coefficient (Wildman–Crippen LogP) is 2.71. The van der Waals surface area contributed by atoms with Crippen LogP contribution in [0.4, 0.5) is 5.82 Å². The van der Waals surface area contributed by atoms with Crippen LogP contribution in [0.1, 0.15) is 11.3 Å². The maximum Gasteiger partial charge on any atom is 0.174 e. The monoisotopic (exact) mass is 242 g/mol. The van der Waals surface area contributed by atoms with Gasteiger partial charge in [0, 0.05) is 19.8 Å². The molecule has 0 radical (unpaired) electrons. The summed E-state index contributed by atoms with van der Waals surface area (Å²) in [5.41, 5.74) is 3.40. The fourth-order valence-corrected chi connectivity index (χ4v) is 1.66. The number of hydrogen-bond acceptors (Lipinski definition) is 2. The Labute approximate surface area is 108 Å². The van der Waals surface area contributed by atoms with E-state index in [1.807, 2.05) is 36.8 Å². The maximum absolute atomic E-state index is 4.34. The molecule has 0 N–H and O–H groups in total. The van der Waals surface area contributed by atoms with Crippen molar-refractivity contribution in [3.05, 3.63) is 41.9 Å². The van der Waals surface area contributed by atoms with Gasteiger partial charge in [0.15, 0.2) is 5.82 Å². The molecule has 0 aliphatic heterocycles. The standard InChI is InChI=1S/C14H18N4/c1-11-5-7-13(8-6-11)18-10-16-14(12(18)2)15-9-17(3)4/h5-10H,1-4H3. The van der Waals surface area contributed by atoms with Crippen molar-refractivity contribution in [3.63, 3.8) is 0 Å². The van der Waals surface area contributed by atoms with Crippen LogP contribution in [0, 0.1) is 13.8 Å². The minimum Gasteiger partial charge on any atom is -0.369 e. The molecule has 2 aromatic rings. The highest BCUT2D eigenvalue weighted by Crippen LogP contribution is 2.20. The number of hydrogen-bond donors (Lipinski definition) is 0. The lowest BCUT2D eigenvalue weighted by Crippen LogP contribution is -2.07. The van der Waals surface area contributed by atoms with Gasteiger partial charge < -0.3 is 9.47 Å². The van der Waals surface area contributed by atoms with Gasteiger partial charge in [-0.25, -0.2) is 9.98 Å². The zero-order chi connectivity index (χ0) is 13.1. The second-order valence-corrected chi connectivity index (χ2v) is 4.57. The van der Waals surface area contributed by atoms with E-state index >= 15 is 0 Å². The molecule has 0 saturated heterocycles. The first-order chi connectivity index (χ1) is 8.58. The first-order valence-electron chi connectivity index (χ1n) is 5.89. The molecular formula is C14H18N4. The summed E-state index contributed by atoms with van der Waals surface area (Å²) in [6.45, 7) is 4.10. The molecule has 0 saturated carbocycles. The minimum atomic E-state index is 0.754. The fourth-order valence-electron chi connectivity index (χ4n) is 1.66. The second-order valence-electron chi connectivity index (χ2n) is 4.57. The van der Waals surface area contributed by atoms with E-state index in [9.17, 15) is 0 Å². The summed E-state index contributed by atoms with van der Waals surface area (Å²) in [4.78, 5) is 10.6. The number of aromatic nitrogens is 2. The zero-order valence-corrected chi connectivity index (χ0v) is 11.3. The third-order valence-electron chi connectivity index (χ3n) is 2.70. The number of benzene rings is 1. The summed E-state index contributed by atoms with van der Waals surface area (Å²) < 4.78 is 2.04. The topological polar surface area (TPSA) is 33.4 Å². The summed E-state index contributed by atoms with van der Waals surface area (Å²) in [5, 5.41) is 0. The van der Waals surface area contributed by atoms with Gasteiger partial charge in [-0.1, -0.05) is 17.7 Å². The van der Waals surface area contributed by atoms with E-state index < -0.39 is 0 Å². The Morgan fingerprint density at radius 2 is 1.83 bits per heavy atom. The molecule has 0 spiro atoms. The van der Waals surface area contributed by atoms with E-state index in [1.165, 1.54) is 5.56 Å². The van der Waals surface area contributed by atoms with Crippen LogP contribution in [0.15, 0.2) is 35.6 Å². The number of nitrogens with zero attached hydrogens (tertiary/aromatic N) is 4. The van der Waals surface area contributed by atoms with Gasteiger partial charge in [-0.2, -0.15) is 0 Å². The number of aliphatic imine (C=N–C) groups is 1. The quantitative estimate of drug-likeness (QED) is 0.612. The molecule has 94 valence electrons. The summed E-state index contributed by atoms with van der Waals surface area (Å²) in [5.74, 6) is 0.754. The van der Waals surface area contributed by atoms with Crippen LogP contribution in [-0.4, -0.2) is 34.9 Å². The summed E-state index contributed by atoms with van der Waals surface area (Å²) >= 11 is 0. The van der Waals surface area contributed by atoms with Crippen LogP contribution in [0.25, 0.3) is 5.69 Å². The van der Waals surface area contributed by atoms with Gasteiger partial charge in [0.05, 0.1) is 12.0 Å². The van der Waals surface area contributed by atoms with Gasteiger partial charge in [0.2, 0.25) is 0 Å². The Bertz CT molecular complexity index is 550. The van der Waals surface area contributed by atoms with Crippen molar-refractivity contribution >= 4 is 12.2 Å². The Hall–Kier alpha value is -2.10. The van der Waals surface area contributed by atoms with Crippen LogP contribution in [0.5, 0.6) is 0 Å². The second kappa shape index (κ2) is 5.04. The van der Waals surface area contributed by atoms with Crippen LogP contribution in [0.3, 0.4) is 0 Å². The van der Waals surface area contributed by atoms with Gasteiger partial charge in [0.25, 0.3) is 0 Å². The molecule has 4 heteroatoms. The number of rotatable bonds is 3. The van der Waals surface area contributed by atoms with Crippen molar-refractivity contribution < 1.29 is 0 Å². The lowest BCUT2D eigenvalue weighted by molar-refractivity contribution is 0.643. The molecule has 0 unspecified atom stereocenters. The summed E-state index contributed by atoms with van der Waals surface area (Å²) in [7, 11) is 3.88. The highest BCUT2D eigenvalue weighted by molar-refractivity contribution is 5.60. The van der Waals surface area contributed by atoms with E-state index in [0.29, 0.717) is 0 Å². The lowest BCUT2D eigenvalue weighted by Gasteiger charge is -2.05. The Balaban J connectivity index is 2.33. The third-order valence-corrected chi connectivity index (χ3v) is 2.70. The van der Waals surface area contributed by atoms with Gasteiger partial charge in [-0.15, -0.1) is 0 Å². The van der Waals surface area contributed by atoms with E-state index in [2.05, 4.69) is 41.2 Å². The SMILES string of the molecule is Cc1ccc(-n2cnc(N=CN(C)C)c2C)cc1. The molecule has 0 bridgehead atoms. The average molecular weight is 242 g/mol. The first-order valence-corrected chi connectivity index (χ1v) is 5.89. The molecule has 2 rings (SSSR count). The Kier molecular flexibility index (Phi) is 3.46. The van der Waals surface area contributed by atoms with Crippen molar-refractivity contribution in [2.45, 2.75) is 13.8 Å². The molecule has 18 heavy (non-hydrogen) atoms. The molecule has 1 aromatic carbocycles. The minimum absolute atomic E-state index is 0.754. The van der Waals surface area contributed by atoms with E-state index in [-0.39, 0.29) is 0 Å². The highest BCUT2D eigenvalue weighted by Gasteiger charge is 2.06. The Morgan fingerprint density at radius 3 is 2.44 bits per heavy atom. The van der Waals surface area contributed by atoms with Crippen LogP contribution < -0.4 is 0 Å². The molecule has 0 amide bonds. The lowest BCUT2D eigenvalue weighted by atomic mass is 10.2. The van der Waals surface area contributed by atoms with Gasteiger partial charge >= 0.3 is 0 Å².